The fourth-order valence-electron chi connectivity index (χ4n) is 2.04. The zero-order chi connectivity index (χ0) is 11.0. The summed E-state index contributed by atoms with van der Waals surface area (Å²) in [5, 5.41) is 13.1. The summed E-state index contributed by atoms with van der Waals surface area (Å²) in [5.74, 6) is 0. The Morgan fingerprint density at radius 1 is 1.06 bits per heavy atom. The molecule has 0 aliphatic carbocycles. The van der Waals surface area contributed by atoms with Gasteiger partial charge in [0.25, 0.3) is 0 Å². The van der Waals surface area contributed by atoms with Gasteiger partial charge in [0.2, 0.25) is 0 Å². The van der Waals surface area contributed by atoms with Crippen LogP contribution < -0.4 is 0 Å². The van der Waals surface area contributed by atoms with Gasteiger partial charge in [-0.3, -0.25) is 0 Å². The van der Waals surface area contributed by atoms with Crippen LogP contribution in [0.25, 0.3) is 22.0 Å². The Hall–Kier alpha value is -2.16. The highest BCUT2D eigenvalue weighted by Crippen LogP contribution is 2.29. The van der Waals surface area contributed by atoms with Gasteiger partial charge in [-0.1, -0.05) is 36.4 Å². The number of benzene rings is 2. The second-order valence-corrected chi connectivity index (χ2v) is 3.83. The van der Waals surface area contributed by atoms with E-state index in [0.717, 1.165) is 11.3 Å². The third-order valence-electron chi connectivity index (χ3n) is 2.81. The van der Waals surface area contributed by atoms with Crippen molar-refractivity contribution >= 4 is 10.8 Å². The zero-order valence-corrected chi connectivity index (χ0v) is 8.94. The Morgan fingerprint density at radius 3 is 2.75 bits per heavy atom. The van der Waals surface area contributed by atoms with E-state index in [4.69, 9.17) is 0 Å². The summed E-state index contributed by atoms with van der Waals surface area (Å²) in [4.78, 5) is 0. The molecular formula is C13H11N3. The Balaban J connectivity index is 2.42. The fourth-order valence-corrected chi connectivity index (χ4v) is 2.04. The fraction of sp³-hybridized carbons (Fsp3) is 0.0769. The molecule has 0 spiro atoms. The summed E-state index contributed by atoms with van der Waals surface area (Å²) in [5.41, 5.74) is 3.27. The van der Waals surface area contributed by atoms with Crippen LogP contribution in [0.1, 0.15) is 5.56 Å². The van der Waals surface area contributed by atoms with Gasteiger partial charge >= 0.3 is 0 Å². The first kappa shape index (κ1) is 9.09. The molecule has 3 heteroatoms. The number of nitrogens with one attached hydrogen (secondary N) is 1. The monoisotopic (exact) mass is 209 g/mol. The summed E-state index contributed by atoms with van der Waals surface area (Å²) in [6.07, 6.45) is 1.76. The van der Waals surface area contributed by atoms with Crippen molar-refractivity contribution in [2.75, 3.05) is 0 Å². The lowest BCUT2D eigenvalue weighted by Gasteiger charge is -2.07. The molecule has 2 aromatic carbocycles. The van der Waals surface area contributed by atoms with Gasteiger partial charge in [-0.05, 0) is 23.3 Å². The van der Waals surface area contributed by atoms with Crippen LogP contribution in [-0.2, 0) is 0 Å². The van der Waals surface area contributed by atoms with Crippen LogP contribution in [0, 0.1) is 6.92 Å². The maximum absolute atomic E-state index is 4.16. The Morgan fingerprint density at radius 2 is 1.94 bits per heavy atom. The molecule has 16 heavy (non-hydrogen) atoms. The number of nitrogens with zero attached hydrogens (tertiary/aromatic N) is 2. The molecule has 1 aromatic heterocycles. The van der Waals surface area contributed by atoms with Crippen molar-refractivity contribution in [2.24, 2.45) is 0 Å². The molecule has 0 aliphatic heterocycles. The second kappa shape index (κ2) is 3.45. The van der Waals surface area contributed by atoms with Crippen LogP contribution in [0.2, 0.25) is 0 Å². The predicted molar refractivity (Wildman–Crippen MR) is 64.1 cm³/mol. The zero-order valence-electron chi connectivity index (χ0n) is 8.94. The van der Waals surface area contributed by atoms with E-state index in [1.165, 1.54) is 16.3 Å². The first-order chi connectivity index (χ1) is 7.86. The molecule has 0 fully saturated rings. The minimum Gasteiger partial charge on any atom is -0.197 e. The summed E-state index contributed by atoms with van der Waals surface area (Å²) >= 11 is 0. The van der Waals surface area contributed by atoms with E-state index in [9.17, 15) is 0 Å². The molecule has 0 aliphatic rings. The normalized spacial score (nSPS) is 10.8. The average molecular weight is 209 g/mol. The van der Waals surface area contributed by atoms with Gasteiger partial charge in [0.05, 0.1) is 6.20 Å². The second-order valence-electron chi connectivity index (χ2n) is 3.83. The van der Waals surface area contributed by atoms with Crippen molar-refractivity contribution in [3.63, 3.8) is 0 Å². The molecular weight excluding hydrogens is 198 g/mol. The smallest absolute Gasteiger partial charge is 0.113 e. The average Bonchev–Trinajstić information content (AvgIpc) is 2.82. The van der Waals surface area contributed by atoms with Gasteiger partial charge in [-0.15, -0.1) is 0 Å². The van der Waals surface area contributed by atoms with E-state index < -0.39 is 0 Å². The Labute approximate surface area is 93.1 Å². The van der Waals surface area contributed by atoms with Crippen LogP contribution in [0.4, 0.5) is 0 Å². The number of hydrogen-bond donors (Lipinski definition) is 1. The van der Waals surface area contributed by atoms with Crippen molar-refractivity contribution in [3.8, 4) is 11.3 Å². The summed E-state index contributed by atoms with van der Waals surface area (Å²) in [6.45, 7) is 2.09. The van der Waals surface area contributed by atoms with Gasteiger partial charge in [0.15, 0.2) is 0 Å². The molecule has 78 valence electrons. The molecule has 0 bridgehead atoms. The highest BCUT2D eigenvalue weighted by Gasteiger charge is 2.08. The number of aryl methyl sites for hydroxylation is 1. The van der Waals surface area contributed by atoms with Crippen molar-refractivity contribution in [1.29, 1.82) is 0 Å². The summed E-state index contributed by atoms with van der Waals surface area (Å²) in [6, 6.07) is 12.6. The lowest BCUT2D eigenvalue weighted by atomic mass is 9.98. The number of hydrogen-bond acceptors (Lipinski definition) is 2. The molecule has 1 heterocycles. The highest BCUT2D eigenvalue weighted by molar-refractivity contribution is 5.97. The predicted octanol–water partition coefficient (Wildman–Crippen LogP) is 2.93. The largest absolute Gasteiger partial charge is 0.197 e. The van der Waals surface area contributed by atoms with Crippen molar-refractivity contribution in [3.05, 3.63) is 48.2 Å². The number of fused-ring (bicyclic) bond motifs is 1. The van der Waals surface area contributed by atoms with Crippen LogP contribution in [0.15, 0.2) is 42.6 Å². The van der Waals surface area contributed by atoms with E-state index in [-0.39, 0.29) is 0 Å². The SMILES string of the molecule is Cc1ccc2ccccc2c1-c1cn[nH]n1. The van der Waals surface area contributed by atoms with Crippen molar-refractivity contribution in [2.45, 2.75) is 6.92 Å². The van der Waals surface area contributed by atoms with E-state index in [1.54, 1.807) is 6.20 Å². The van der Waals surface area contributed by atoms with Crippen LogP contribution in [-0.4, -0.2) is 15.4 Å². The Bertz CT molecular complexity index is 627. The van der Waals surface area contributed by atoms with E-state index in [2.05, 4.69) is 46.6 Å². The molecule has 3 aromatic rings. The third kappa shape index (κ3) is 1.29. The van der Waals surface area contributed by atoms with Crippen LogP contribution in [0.5, 0.6) is 0 Å². The first-order valence-electron chi connectivity index (χ1n) is 5.21. The van der Waals surface area contributed by atoms with Gasteiger partial charge in [0, 0.05) is 5.56 Å². The van der Waals surface area contributed by atoms with Gasteiger partial charge in [-0.25, -0.2) is 0 Å². The molecule has 3 nitrogen and oxygen atoms in total. The molecule has 0 radical (unpaired) electrons. The molecule has 1 N–H and O–H groups in total. The quantitative estimate of drug-likeness (QED) is 0.669. The maximum Gasteiger partial charge on any atom is 0.113 e. The molecule has 0 atom stereocenters. The highest BCUT2D eigenvalue weighted by atomic mass is 15.3. The molecule has 3 rings (SSSR count). The first-order valence-corrected chi connectivity index (χ1v) is 5.21. The summed E-state index contributed by atoms with van der Waals surface area (Å²) < 4.78 is 0. The number of rotatable bonds is 1. The van der Waals surface area contributed by atoms with Crippen LogP contribution in [0.3, 0.4) is 0 Å². The van der Waals surface area contributed by atoms with Crippen LogP contribution >= 0.6 is 0 Å². The van der Waals surface area contributed by atoms with E-state index in [0.29, 0.717) is 0 Å². The minimum atomic E-state index is 0.898. The number of aromatic nitrogens is 3. The van der Waals surface area contributed by atoms with E-state index >= 15 is 0 Å². The molecule has 0 amide bonds. The van der Waals surface area contributed by atoms with Crippen molar-refractivity contribution < 1.29 is 0 Å². The molecule has 0 unspecified atom stereocenters. The topological polar surface area (TPSA) is 41.6 Å². The molecule has 0 saturated carbocycles. The van der Waals surface area contributed by atoms with Gasteiger partial charge < -0.3 is 0 Å². The maximum atomic E-state index is 4.16. The lowest BCUT2D eigenvalue weighted by molar-refractivity contribution is 0.942. The standard InChI is InChI=1S/C13H11N3/c1-9-6-7-10-4-2-3-5-11(10)13(9)12-8-14-16-15-12/h2-8H,1H3,(H,14,15,16). The summed E-state index contributed by atoms with van der Waals surface area (Å²) in [7, 11) is 0. The number of aromatic amines is 1. The van der Waals surface area contributed by atoms with Gasteiger partial charge in [0.1, 0.15) is 5.69 Å². The number of H-pyrrole nitrogens is 1. The minimum absolute atomic E-state index is 0.898. The van der Waals surface area contributed by atoms with Crippen molar-refractivity contribution in [1.82, 2.24) is 15.4 Å². The van der Waals surface area contributed by atoms with E-state index in [1.807, 2.05) is 12.1 Å². The third-order valence-corrected chi connectivity index (χ3v) is 2.81. The molecule has 0 saturated heterocycles. The Kier molecular flexibility index (Phi) is 1.96. The van der Waals surface area contributed by atoms with Gasteiger partial charge in [-0.2, -0.15) is 15.4 Å². The lowest BCUT2D eigenvalue weighted by Crippen LogP contribution is -1.86.